The van der Waals surface area contributed by atoms with Crippen molar-refractivity contribution < 1.29 is 9.00 Å². The Bertz CT molecular complexity index is 172. The Balaban J connectivity index is 2.51. The summed E-state index contributed by atoms with van der Waals surface area (Å²) in [5, 5.41) is 1.50. The minimum absolute atomic E-state index is 0.225. The van der Waals surface area contributed by atoms with Gasteiger partial charge in [-0.05, 0) is 0 Å². The summed E-state index contributed by atoms with van der Waals surface area (Å²) in [6, 6.07) is 0. The van der Waals surface area contributed by atoms with Gasteiger partial charge in [-0.25, -0.2) is 0 Å². The molecule has 0 aliphatic carbocycles. The number of amides is 1. The van der Waals surface area contributed by atoms with E-state index >= 15 is 0 Å². The highest BCUT2D eigenvalue weighted by Gasteiger charge is 2.40. The van der Waals surface area contributed by atoms with Crippen LogP contribution < -0.4 is 5.32 Å². The lowest BCUT2D eigenvalue weighted by Crippen LogP contribution is -2.61. The molecule has 1 saturated heterocycles. The SMILES string of the molecule is CS(=O)[C@H]1NC(=O)[C@@H]1Cl. The summed E-state index contributed by atoms with van der Waals surface area (Å²) in [7, 11) is -1.04. The first-order valence-corrected chi connectivity index (χ1v) is 4.45. The molecule has 0 aromatic rings. The van der Waals surface area contributed by atoms with Gasteiger partial charge in [-0.2, -0.15) is 0 Å². The number of carbonyl (C=O) groups is 1. The van der Waals surface area contributed by atoms with Crippen LogP contribution in [0.4, 0.5) is 0 Å². The molecule has 9 heavy (non-hydrogen) atoms. The Morgan fingerprint density at radius 1 is 1.78 bits per heavy atom. The van der Waals surface area contributed by atoms with Crippen molar-refractivity contribution in [2.24, 2.45) is 0 Å². The van der Waals surface area contributed by atoms with Gasteiger partial charge < -0.3 is 5.32 Å². The van der Waals surface area contributed by atoms with E-state index in [4.69, 9.17) is 11.6 Å². The summed E-state index contributed by atoms with van der Waals surface area (Å²) in [5.74, 6) is -0.225. The van der Waals surface area contributed by atoms with E-state index < -0.39 is 16.2 Å². The van der Waals surface area contributed by atoms with Crippen molar-refractivity contribution in [3.63, 3.8) is 0 Å². The molecule has 1 N–H and O–H groups in total. The second kappa shape index (κ2) is 2.27. The zero-order chi connectivity index (χ0) is 7.02. The molecule has 1 heterocycles. The maximum Gasteiger partial charge on any atom is 0.242 e. The monoisotopic (exact) mass is 167 g/mol. The maximum atomic E-state index is 10.6. The van der Waals surface area contributed by atoms with Crippen LogP contribution in [0.3, 0.4) is 0 Å². The lowest BCUT2D eigenvalue weighted by Gasteiger charge is -2.29. The summed E-state index contributed by atoms with van der Waals surface area (Å²) in [5.41, 5.74) is 0. The van der Waals surface area contributed by atoms with Crippen molar-refractivity contribution in [1.82, 2.24) is 5.32 Å². The highest BCUT2D eigenvalue weighted by atomic mass is 35.5. The molecule has 52 valence electrons. The Labute approximate surface area is 60.2 Å². The van der Waals surface area contributed by atoms with Gasteiger partial charge in [-0.3, -0.25) is 9.00 Å². The second-order valence-electron chi connectivity index (χ2n) is 1.83. The van der Waals surface area contributed by atoms with Crippen molar-refractivity contribution >= 4 is 28.3 Å². The third-order valence-corrected chi connectivity index (χ3v) is 2.86. The Morgan fingerprint density at radius 3 is 2.44 bits per heavy atom. The quantitative estimate of drug-likeness (QED) is 0.420. The van der Waals surface area contributed by atoms with E-state index in [9.17, 15) is 9.00 Å². The molecule has 1 fully saturated rings. The lowest BCUT2D eigenvalue weighted by molar-refractivity contribution is -0.125. The number of alkyl halides is 1. The van der Waals surface area contributed by atoms with E-state index in [2.05, 4.69) is 5.32 Å². The zero-order valence-electron chi connectivity index (χ0n) is 4.76. The summed E-state index contributed by atoms with van der Waals surface area (Å²) >= 11 is 5.46. The largest absolute Gasteiger partial charge is 0.339 e. The van der Waals surface area contributed by atoms with Gasteiger partial charge >= 0.3 is 0 Å². The van der Waals surface area contributed by atoms with E-state index in [0.29, 0.717) is 0 Å². The number of hydrogen-bond donors (Lipinski definition) is 1. The normalized spacial score (nSPS) is 36.9. The molecular formula is C4H6ClNO2S. The van der Waals surface area contributed by atoms with Crippen LogP contribution in [0.1, 0.15) is 0 Å². The highest BCUT2D eigenvalue weighted by Crippen LogP contribution is 2.14. The van der Waals surface area contributed by atoms with Crippen molar-refractivity contribution in [1.29, 1.82) is 0 Å². The zero-order valence-corrected chi connectivity index (χ0v) is 6.33. The van der Waals surface area contributed by atoms with Crippen LogP contribution in [0.5, 0.6) is 0 Å². The van der Waals surface area contributed by atoms with Gasteiger partial charge in [0.2, 0.25) is 5.91 Å². The van der Waals surface area contributed by atoms with E-state index in [1.165, 1.54) is 6.26 Å². The van der Waals surface area contributed by atoms with Crippen molar-refractivity contribution in [3.05, 3.63) is 0 Å². The maximum absolute atomic E-state index is 10.6. The molecular weight excluding hydrogens is 162 g/mol. The average Bonchev–Trinajstić information content (AvgIpc) is 1.81. The molecule has 1 rings (SSSR count). The minimum atomic E-state index is -1.04. The molecule has 3 nitrogen and oxygen atoms in total. The summed E-state index contributed by atoms with van der Waals surface area (Å²) in [6.45, 7) is 0. The van der Waals surface area contributed by atoms with Gasteiger partial charge in [0.05, 0.1) is 0 Å². The fraction of sp³-hybridized carbons (Fsp3) is 0.750. The molecule has 1 aliphatic heterocycles. The van der Waals surface area contributed by atoms with Crippen molar-refractivity contribution in [3.8, 4) is 0 Å². The average molecular weight is 168 g/mol. The van der Waals surface area contributed by atoms with Crippen LogP contribution in [-0.2, 0) is 15.6 Å². The fourth-order valence-corrected chi connectivity index (χ4v) is 1.89. The minimum Gasteiger partial charge on any atom is -0.339 e. The third-order valence-electron chi connectivity index (χ3n) is 1.16. The molecule has 0 spiro atoms. The summed E-state index contributed by atoms with van der Waals surface area (Å²) in [4.78, 5) is 10.4. The molecule has 0 saturated carbocycles. The van der Waals surface area contributed by atoms with Gasteiger partial charge in [0.25, 0.3) is 0 Å². The summed E-state index contributed by atoms with van der Waals surface area (Å²) < 4.78 is 10.6. The third kappa shape index (κ3) is 1.09. The standard InChI is InChI=1S/C4H6ClNO2S/c1-9(8)4-2(5)3(7)6-4/h2,4H,1H3,(H,6,7)/t2-,4+,9?/m0/s1. The lowest BCUT2D eigenvalue weighted by atomic mass is 10.3. The number of β-lactam (4-membered cyclic amide) rings is 1. The van der Waals surface area contributed by atoms with Crippen molar-refractivity contribution in [2.45, 2.75) is 10.8 Å². The topological polar surface area (TPSA) is 46.2 Å². The Morgan fingerprint density at radius 2 is 2.33 bits per heavy atom. The van der Waals surface area contributed by atoms with Gasteiger partial charge in [-0.15, -0.1) is 11.6 Å². The summed E-state index contributed by atoms with van der Waals surface area (Å²) in [6.07, 6.45) is 1.51. The van der Waals surface area contributed by atoms with Gasteiger partial charge in [-0.1, -0.05) is 0 Å². The van der Waals surface area contributed by atoms with Crippen LogP contribution in [0, 0.1) is 0 Å². The van der Waals surface area contributed by atoms with Crippen LogP contribution in [0.25, 0.3) is 0 Å². The smallest absolute Gasteiger partial charge is 0.242 e. The molecule has 1 aliphatic rings. The van der Waals surface area contributed by atoms with Gasteiger partial charge in [0, 0.05) is 17.1 Å². The first-order valence-electron chi connectivity index (χ1n) is 2.39. The van der Waals surface area contributed by atoms with E-state index in [1.807, 2.05) is 0 Å². The van der Waals surface area contributed by atoms with Crippen LogP contribution >= 0.6 is 11.6 Å². The predicted octanol–water partition coefficient (Wildman–Crippen LogP) is -0.572. The predicted molar refractivity (Wildman–Crippen MR) is 35.6 cm³/mol. The number of hydrogen-bond acceptors (Lipinski definition) is 2. The van der Waals surface area contributed by atoms with E-state index in [1.54, 1.807) is 0 Å². The number of carbonyl (C=O) groups excluding carboxylic acids is 1. The fourth-order valence-electron chi connectivity index (χ4n) is 0.585. The van der Waals surface area contributed by atoms with E-state index in [0.717, 1.165) is 0 Å². The molecule has 3 atom stereocenters. The molecule has 1 unspecified atom stereocenters. The van der Waals surface area contributed by atoms with Gasteiger partial charge in [0.15, 0.2) is 0 Å². The van der Waals surface area contributed by atoms with Crippen LogP contribution in [0.2, 0.25) is 0 Å². The molecule has 0 bridgehead atoms. The first-order chi connectivity index (χ1) is 4.13. The highest BCUT2D eigenvalue weighted by molar-refractivity contribution is 7.85. The molecule has 0 radical (unpaired) electrons. The Kier molecular flexibility index (Phi) is 1.77. The molecule has 5 heteroatoms. The molecule has 0 aromatic heterocycles. The van der Waals surface area contributed by atoms with Crippen LogP contribution in [0.15, 0.2) is 0 Å². The second-order valence-corrected chi connectivity index (χ2v) is 3.80. The van der Waals surface area contributed by atoms with Crippen LogP contribution in [-0.4, -0.2) is 27.1 Å². The van der Waals surface area contributed by atoms with Crippen molar-refractivity contribution in [2.75, 3.05) is 6.26 Å². The first kappa shape index (κ1) is 7.02. The molecule has 0 aromatic carbocycles. The molecule has 1 amide bonds. The Hall–Kier alpha value is -0.0900. The number of halogens is 1. The number of rotatable bonds is 1. The number of nitrogens with one attached hydrogen (secondary N) is 1. The van der Waals surface area contributed by atoms with Gasteiger partial charge in [0.1, 0.15) is 10.8 Å². The van der Waals surface area contributed by atoms with E-state index in [-0.39, 0.29) is 11.3 Å².